The molecule has 3 nitrogen and oxygen atoms in total. The van der Waals surface area contributed by atoms with E-state index in [0.29, 0.717) is 5.56 Å². The number of halogens is 2. The quantitative estimate of drug-likeness (QED) is 0.852. The highest BCUT2D eigenvalue weighted by Crippen LogP contribution is 2.26. The average molecular weight is 307 g/mol. The topological polar surface area (TPSA) is 33.2 Å². The molecule has 1 aromatic carbocycles. The minimum absolute atomic E-state index is 0.104. The summed E-state index contributed by atoms with van der Waals surface area (Å²) < 4.78 is 13.1. The van der Waals surface area contributed by atoms with Gasteiger partial charge in [0, 0.05) is 19.4 Å². The molecule has 21 heavy (non-hydrogen) atoms. The van der Waals surface area contributed by atoms with E-state index in [2.05, 4.69) is 4.98 Å². The van der Waals surface area contributed by atoms with Gasteiger partial charge in [0.25, 0.3) is 5.91 Å². The lowest BCUT2D eigenvalue weighted by Crippen LogP contribution is -2.31. The Bertz CT molecular complexity index is 633. The first-order chi connectivity index (χ1) is 10.0. The third kappa shape index (κ3) is 3.39. The third-order valence-corrected chi connectivity index (χ3v) is 3.72. The Morgan fingerprint density at radius 3 is 2.76 bits per heavy atom. The lowest BCUT2D eigenvalue weighted by Gasteiger charge is -2.27. The summed E-state index contributed by atoms with van der Waals surface area (Å²) in [4.78, 5) is 18.2. The lowest BCUT2D eigenvalue weighted by atomic mass is 10.0. The molecule has 0 aliphatic rings. The van der Waals surface area contributed by atoms with Gasteiger partial charge in [-0.2, -0.15) is 0 Å². The second-order valence-electron chi connectivity index (χ2n) is 4.75. The maximum Gasteiger partial charge on any atom is 0.255 e. The van der Waals surface area contributed by atoms with Crippen LogP contribution < -0.4 is 0 Å². The number of benzene rings is 1. The van der Waals surface area contributed by atoms with Gasteiger partial charge < -0.3 is 4.90 Å². The van der Waals surface area contributed by atoms with Gasteiger partial charge in [0.05, 0.1) is 16.6 Å². The molecule has 0 aliphatic carbocycles. The summed E-state index contributed by atoms with van der Waals surface area (Å²) in [5.74, 6) is -0.700. The van der Waals surface area contributed by atoms with Gasteiger partial charge in [0.1, 0.15) is 5.82 Å². The van der Waals surface area contributed by atoms with Gasteiger partial charge in [-0.15, -0.1) is 0 Å². The maximum atomic E-state index is 13.1. The van der Waals surface area contributed by atoms with E-state index in [1.165, 1.54) is 12.1 Å². The molecule has 0 bridgehead atoms. The van der Waals surface area contributed by atoms with Crippen molar-refractivity contribution in [2.45, 2.75) is 19.4 Å². The molecule has 2 aromatic rings. The van der Waals surface area contributed by atoms with Crippen molar-refractivity contribution in [2.24, 2.45) is 0 Å². The zero-order valence-corrected chi connectivity index (χ0v) is 12.6. The van der Waals surface area contributed by atoms with Crippen LogP contribution in [0.5, 0.6) is 0 Å². The molecule has 0 N–H and O–H groups in total. The molecule has 0 saturated heterocycles. The van der Waals surface area contributed by atoms with Gasteiger partial charge in [-0.05, 0) is 36.2 Å². The highest BCUT2D eigenvalue weighted by Gasteiger charge is 2.23. The average Bonchev–Trinajstić information content (AvgIpc) is 2.48. The van der Waals surface area contributed by atoms with Crippen molar-refractivity contribution < 1.29 is 9.18 Å². The van der Waals surface area contributed by atoms with E-state index in [1.54, 1.807) is 24.3 Å². The van der Waals surface area contributed by atoms with Crippen molar-refractivity contribution in [1.82, 2.24) is 9.88 Å². The highest BCUT2D eigenvalue weighted by molar-refractivity contribution is 6.33. The Kier molecular flexibility index (Phi) is 4.91. The number of hydrogen-bond donors (Lipinski definition) is 0. The molecule has 1 unspecified atom stereocenters. The standard InChI is InChI=1S/C16H16ClFN2O/c1-3-15(11-5-4-8-19-10-11)20(2)16(21)13-7-6-12(18)9-14(13)17/h4-10,15H,3H2,1-2H3. The smallest absolute Gasteiger partial charge is 0.255 e. The summed E-state index contributed by atoms with van der Waals surface area (Å²) in [5, 5.41) is 0.118. The Hall–Kier alpha value is -1.94. The Balaban J connectivity index is 2.29. The number of rotatable bonds is 4. The minimum Gasteiger partial charge on any atom is -0.335 e. The highest BCUT2D eigenvalue weighted by atomic mass is 35.5. The SMILES string of the molecule is CCC(c1cccnc1)N(C)C(=O)c1ccc(F)cc1Cl. The monoisotopic (exact) mass is 306 g/mol. The van der Waals surface area contributed by atoms with E-state index in [4.69, 9.17) is 11.6 Å². The van der Waals surface area contributed by atoms with E-state index in [-0.39, 0.29) is 17.0 Å². The van der Waals surface area contributed by atoms with Crippen molar-refractivity contribution in [1.29, 1.82) is 0 Å². The zero-order chi connectivity index (χ0) is 15.4. The minimum atomic E-state index is -0.460. The predicted octanol–water partition coefficient (Wildman–Crippen LogP) is 4.10. The second kappa shape index (κ2) is 6.68. The van der Waals surface area contributed by atoms with Crippen LogP contribution in [-0.4, -0.2) is 22.8 Å². The van der Waals surface area contributed by atoms with Crippen LogP contribution in [0.1, 0.15) is 35.3 Å². The summed E-state index contributed by atoms with van der Waals surface area (Å²) in [6, 6.07) is 7.45. The number of nitrogens with zero attached hydrogens (tertiary/aromatic N) is 2. The number of carbonyl (C=O) groups excluding carboxylic acids is 1. The molecule has 0 saturated carbocycles. The van der Waals surface area contributed by atoms with Crippen LogP contribution in [0.25, 0.3) is 0 Å². The molecular weight excluding hydrogens is 291 g/mol. The zero-order valence-electron chi connectivity index (χ0n) is 11.9. The third-order valence-electron chi connectivity index (χ3n) is 3.41. The Labute approximate surface area is 128 Å². The molecule has 1 heterocycles. The van der Waals surface area contributed by atoms with Gasteiger partial charge in [-0.1, -0.05) is 24.6 Å². The van der Waals surface area contributed by atoms with Gasteiger partial charge in [-0.25, -0.2) is 4.39 Å². The molecular formula is C16H16ClFN2O. The largest absolute Gasteiger partial charge is 0.335 e. The fourth-order valence-electron chi connectivity index (χ4n) is 2.30. The van der Waals surface area contributed by atoms with Crippen LogP contribution in [-0.2, 0) is 0 Å². The normalized spacial score (nSPS) is 12.0. The van der Waals surface area contributed by atoms with Crippen LogP contribution in [0.3, 0.4) is 0 Å². The van der Waals surface area contributed by atoms with Crippen molar-refractivity contribution in [3.8, 4) is 0 Å². The van der Waals surface area contributed by atoms with Crippen LogP contribution in [0.15, 0.2) is 42.7 Å². The second-order valence-corrected chi connectivity index (χ2v) is 5.16. The van der Waals surface area contributed by atoms with E-state index in [9.17, 15) is 9.18 Å². The van der Waals surface area contributed by atoms with Crippen molar-refractivity contribution in [2.75, 3.05) is 7.05 Å². The Morgan fingerprint density at radius 2 is 2.19 bits per heavy atom. The van der Waals surface area contributed by atoms with Crippen LogP contribution in [0.4, 0.5) is 4.39 Å². The summed E-state index contributed by atoms with van der Waals surface area (Å²) >= 11 is 5.96. The lowest BCUT2D eigenvalue weighted by molar-refractivity contribution is 0.0726. The van der Waals surface area contributed by atoms with Gasteiger partial charge in [0.15, 0.2) is 0 Å². The first-order valence-electron chi connectivity index (χ1n) is 6.66. The summed E-state index contributed by atoms with van der Waals surface area (Å²) in [5.41, 5.74) is 1.25. The molecule has 2 rings (SSSR count). The molecule has 5 heteroatoms. The van der Waals surface area contributed by atoms with Crippen molar-refractivity contribution in [3.63, 3.8) is 0 Å². The number of amides is 1. The van der Waals surface area contributed by atoms with Crippen LogP contribution in [0.2, 0.25) is 5.02 Å². The fourth-order valence-corrected chi connectivity index (χ4v) is 2.55. The number of aromatic nitrogens is 1. The fraction of sp³-hybridized carbons (Fsp3) is 0.250. The van der Waals surface area contributed by atoms with Gasteiger partial charge >= 0.3 is 0 Å². The first kappa shape index (κ1) is 15.4. The number of pyridine rings is 1. The van der Waals surface area contributed by atoms with Gasteiger partial charge in [-0.3, -0.25) is 9.78 Å². The van der Waals surface area contributed by atoms with Crippen LogP contribution >= 0.6 is 11.6 Å². The number of hydrogen-bond acceptors (Lipinski definition) is 2. The molecule has 1 amide bonds. The Morgan fingerprint density at radius 1 is 1.43 bits per heavy atom. The molecule has 0 aliphatic heterocycles. The van der Waals surface area contributed by atoms with E-state index < -0.39 is 5.82 Å². The summed E-state index contributed by atoms with van der Waals surface area (Å²) in [6.07, 6.45) is 4.17. The van der Waals surface area contributed by atoms with E-state index in [0.717, 1.165) is 18.1 Å². The molecule has 110 valence electrons. The molecule has 0 radical (unpaired) electrons. The van der Waals surface area contributed by atoms with Crippen molar-refractivity contribution >= 4 is 17.5 Å². The maximum absolute atomic E-state index is 13.1. The predicted molar refractivity (Wildman–Crippen MR) is 80.8 cm³/mol. The van der Waals surface area contributed by atoms with E-state index >= 15 is 0 Å². The molecule has 0 fully saturated rings. The molecule has 1 aromatic heterocycles. The molecule has 0 spiro atoms. The van der Waals surface area contributed by atoms with Gasteiger partial charge in [0.2, 0.25) is 0 Å². The molecule has 1 atom stereocenters. The first-order valence-corrected chi connectivity index (χ1v) is 7.04. The van der Waals surface area contributed by atoms with Crippen LogP contribution in [0, 0.1) is 5.82 Å². The van der Waals surface area contributed by atoms with Crippen molar-refractivity contribution in [3.05, 3.63) is 64.7 Å². The number of carbonyl (C=O) groups is 1. The summed E-state index contributed by atoms with van der Waals surface area (Å²) in [6.45, 7) is 1.99. The van der Waals surface area contributed by atoms with E-state index in [1.807, 2.05) is 19.1 Å². The summed E-state index contributed by atoms with van der Waals surface area (Å²) in [7, 11) is 1.71.